The molecule has 2 aromatic heterocycles. The average Bonchev–Trinajstić information content (AvgIpc) is 3.06. The third kappa shape index (κ3) is 3.04. The molecule has 1 atom stereocenters. The van der Waals surface area contributed by atoms with Crippen LogP contribution in [-0.4, -0.2) is 27.9 Å². The summed E-state index contributed by atoms with van der Waals surface area (Å²) in [5, 5.41) is 4.25. The van der Waals surface area contributed by atoms with Crippen LogP contribution in [0.3, 0.4) is 0 Å². The third-order valence-corrected chi connectivity index (χ3v) is 3.92. The SMILES string of the molecule is FC(F)(F)c1ccc(N2CCC(n3cc(Br)cn3)C2)nc1. The van der Waals surface area contributed by atoms with Crippen LogP contribution in [0.4, 0.5) is 19.0 Å². The molecule has 0 aromatic carbocycles. The zero-order valence-corrected chi connectivity index (χ0v) is 12.5. The van der Waals surface area contributed by atoms with Crippen LogP contribution in [0.15, 0.2) is 35.2 Å². The second kappa shape index (κ2) is 5.32. The Morgan fingerprint density at radius 3 is 2.62 bits per heavy atom. The van der Waals surface area contributed by atoms with Gasteiger partial charge in [0.05, 0.1) is 22.3 Å². The molecule has 2 aromatic rings. The van der Waals surface area contributed by atoms with Crippen molar-refractivity contribution < 1.29 is 13.2 Å². The van der Waals surface area contributed by atoms with Crippen LogP contribution in [0.5, 0.6) is 0 Å². The van der Waals surface area contributed by atoms with Gasteiger partial charge in [0.2, 0.25) is 0 Å². The summed E-state index contributed by atoms with van der Waals surface area (Å²) in [5.74, 6) is 0.566. The number of hydrogen-bond acceptors (Lipinski definition) is 3. The monoisotopic (exact) mass is 360 g/mol. The second-order valence-electron chi connectivity index (χ2n) is 4.93. The molecule has 112 valence electrons. The van der Waals surface area contributed by atoms with E-state index in [1.807, 2.05) is 15.8 Å². The molecule has 8 heteroatoms. The van der Waals surface area contributed by atoms with Crippen molar-refractivity contribution >= 4 is 21.7 Å². The van der Waals surface area contributed by atoms with E-state index in [0.717, 1.165) is 29.7 Å². The summed E-state index contributed by atoms with van der Waals surface area (Å²) in [7, 11) is 0. The molecule has 0 N–H and O–H groups in total. The highest BCUT2D eigenvalue weighted by Gasteiger charge is 2.31. The van der Waals surface area contributed by atoms with Crippen LogP contribution in [-0.2, 0) is 6.18 Å². The number of hydrogen-bond donors (Lipinski definition) is 0. The van der Waals surface area contributed by atoms with Crippen molar-refractivity contribution in [3.05, 3.63) is 40.8 Å². The van der Waals surface area contributed by atoms with Gasteiger partial charge in [-0.05, 0) is 34.5 Å². The van der Waals surface area contributed by atoms with Gasteiger partial charge in [0.15, 0.2) is 0 Å². The molecule has 1 unspecified atom stereocenters. The summed E-state index contributed by atoms with van der Waals surface area (Å²) < 4.78 is 40.3. The van der Waals surface area contributed by atoms with Crippen molar-refractivity contribution in [3.8, 4) is 0 Å². The van der Waals surface area contributed by atoms with Crippen LogP contribution >= 0.6 is 15.9 Å². The zero-order chi connectivity index (χ0) is 15.0. The number of aromatic nitrogens is 3. The number of nitrogens with zero attached hydrogens (tertiary/aromatic N) is 4. The highest BCUT2D eigenvalue weighted by molar-refractivity contribution is 9.10. The Morgan fingerprint density at radius 2 is 2.05 bits per heavy atom. The van der Waals surface area contributed by atoms with Gasteiger partial charge in [0, 0.05) is 25.5 Å². The van der Waals surface area contributed by atoms with Crippen LogP contribution in [0.1, 0.15) is 18.0 Å². The first-order valence-electron chi connectivity index (χ1n) is 6.41. The summed E-state index contributed by atoms with van der Waals surface area (Å²) in [6.07, 6.45) is 1.04. The standard InChI is InChI=1S/C13H12BrF3N4/c14-10-6-19-21(7-10)11-3-4-20(8-11)12-2-1-9(5-18-12)13(15,16)17/h1-2,5-7,11H,3-4,8H2. The molecular formula is C13H12BrF3N4. The van der Waals surface area contributed by atoms with Crippen LogP contribution in [0.25, 0.3) is 0 Å². The third-order valence-electron chi connectivity index (χ3n) is 3.51. The summed E-state index contributed by atoms with van der Waals surface area (Å²) >= 11 is 3.35. The number of rotatable bonds is 2. The van der Waals surface area contributed by atoms with Gasteiger partial charge in [0.1, 0.15) is 5.82 Å². The van der Waals surface area contributed by atoms with Crippen molar-refractivity contribution in [1.82, 2.24) is 14.8 Å². The summed E-state index contributed by atoms with van der Waals surface area (Å²) in [4.78, 5) is 5.90. The fourth-order valence-electron chi connectivity index (χ4n) is 2.42. The van der Waals surface area contributed by atoms with Gasteiger partial charge in [-0.15, -0.1) is 0 Å². The molecule has 0 spiro atoms. The van der Waals surface area contributed by atoms with E-state index >= 15 is 0 Å². The van der Waals surface area contributed by atoms with Gasteiger partial charge in [0.25, 0.3) is 0 Å². The van der Waals surface area contributed by atoms with Crippen molar-refractivity contribution in [2.45, 2.75) is 18.6 Å². The first-order valence-corrected chi connectivity index (χ1v) is 7.20. The highest BCUT2D eigenvalue weighted by Crippen LogP contribution is 2.31. The van der Waals surface area contributed by atoms with Gasteiger partial charge in [-0.3, -0.25) is 4.68 Å². The van der Waals surface area contributed by atoms with E-state index in [0.29, 0.717) is 12.4 Å². The van der Waals surface area contributed by atoms with Crippen molar-refractivity contribution in [2.24, 2.45) is 0 Å². The molecule has 1 saturated heterocycles. The molecule has 21 heavy (non-hydrogen) atoms. The predicted molar refractivity (Wildman–Crippen MR) is 75.0 cm³/mol. The van der Waals surface area contributed by atoms with Gasteiger partial charge >= 0.3 is 6.18 Å². The fraction of sp³-hybridized carbons (Fsp3) is 0.385. The molecule has 0 saturated carbocycles. The Kier molecular flexibility index (Phi) is 3.64. The van der Waals surface area contributed by atoms with Gasteiger partial charge < -0.3 is 4.90 Å². The van der Waals surface area contributed by atoms with Gasteiger partial charge in [-0.25, -0.2) is 4.98 Å². The fourth-order valence-corrected chi connectivity index (χ4v) is 2.72. The van der Waals surface area contributed by atoms with Crippen LogP contribution in [0, 0.1) is 0 Å². The van der Waals surface area contributed by atoms with E-state index in [9.17, 15) is 13.2 Å². The normalized spacial score (nSPS) is 19.2. The van der Waals surface area contributed by atoms with E-state index in [4.69, 9.17) is 0 Å². The Bertz CT molecular complexity index is 623. The number of alkyl halides is 3. The molecule has 3 heterocycles. The molecule has 0 bridgehead atoms. The van der Waals surface area contributed by atoms with E-state index < -0.39 is 11.7 Å². The maximum Gasteiger partial charge on any atom is 0.417 e. The Morgan fingerprint density at radius 1 is 1.24 bits per heavy atom. The molecule has 0 radical (unpaired) electrons. The van der Waals surface area contributed by atoms with Crippen molar-refractivity contribution in [2.75, 3.05) is 18.0 Å². The Hall–Kier alpha value is -1.57. The lowest BCUT2D eigenvalue weighted by Crippen LogP contribution is -2.22. The van der Waals surface area contributed by atoms with E-state index in [-0.39, 0.29) is 6.04 Å². The Labute approximate surface area is 127 Å². The van der Waals surface area contributed by atoms with E-state index in [1.54, 1.807) is 6.20 Å². The van der Waals surface area contributed by atoms with Crippen LogP contribution < -0.4 is 4.90 Å². The second-order valence-corrected chi connectivity index (χ2v) is 5.85. The van der Waals surface area contributed by atoms with E-state index in [2.05, 4.69) is 26.0 Å². The first-order chi connectivity index (χ1) is 9.93. The van der Waals surface area contributed by atoms with Gasteiger partial charge in [-0.2, -0.15) is 18.3 Å². The lowest BCUT2D eigenvalue weighted by Gasteiger charge is -2.18. The number of pyridine rings is 1. The maximum atomic E-state index is 12.5. The predicted octanol–water partition coefficient (Wildman–Crippen LogP) is 3.51. The number of anilines is 1. The quantitative estimate of drug-likeness (QED) is 0.821. The first kappa shape index (κ1) is 14.4. The van der Waals surface area contributed by atoms with Gasteiger partial charge in [-0.1, -0.05) is 0 Å². The summed E-state index contributed by atoms with van der Waals surface area (Å²) in [6, 6.07) is 2.70. The van der Waals surface area contributed by atoms with E-state index in [1.165, 1.54) is 6.07 Å². The minimum absolute atomic E-state index is 0.209. The lowest BCUT2D eigenvalue weighted by atomic mass is 10.2. The topological polar surface area (TPSA) is 34.0 Å². The zero-order valence-electron chi connectivity index (χ0n) is 10.9. The minimum atomic E-state index is -4.35. The average molecular weight is 361 g/mol. The molecule has 1 aliphatic heterocycles. The minimum Gasteiger partial charge on any atom is -0.354 e. The Balaban J connectivity index is 1.71. The van der Waals surface area contributed by atoms with Crippen molar-refractivity contribution in [3.63, 3.8) is 0 Å². The summed E-state index contributed by atoms with van der Waals surface area (Å²) in [5.41, 5.74) is -0.724. The molecule has 4 nitrogen and oxygen atoms in total. The molecule has 0 aliphatic carbocycles. The molecule has 0 amide bonds. The van der Waals surface area contributed by atoms with Crippen LogP contribution in [0.2, 0.25) is 0 Å². The maximum absolute atomic E-state index is 12.5. The largest absolute Gasteiger partial charge is 0.417 e. The molecular weight excluding hydrogens is 349 g/mol. The summed E-state index contributed by atoms with van der Waals surface area (Å²) in [6.45, 7) is 1.44. The van der Waals surface area contributed by atoms with Crippen molar-refractivity contribution in [1.29, 1.82) is 0 Å². The molecule has 3 rings (SSSR count). The molecule has 1 aliphatic rings. The lowest BCUT2D eigenvalue weighted by molar-refractivity contribution is -0.137. The smallest absolute Gasteiger partial charge is 0.354 e. The highest BCUT2D eigenvalue weighted by atomic mass is 79.9. The number of halogens is 4. The molecule has 1 fully saturated rings.